The lowest BCUT2D eigenvalue weighted by molar-refractivity contribution is -0.149. The number of H-pyrrole nitrogens is 1. The van der Waals surface area contributed by atoms with Crippen LogP contribution in [-0.4, -0.2) is 47.2 Å². The quantitative estimate of drug-likeness (QED) is 0.529. The molecule has 0 spiro atoms. The molecule has 1 aromatic carbocycles. The number of nitrogens with one attached hydrogen (secondary N) is 1. The highest BCUT2D eigenvalue weighted by Crippen LogP contribution is 2.23. The van der Waals surface area contributed by atoms with Gasteiger partial charge in [0.1, 0.15) is 6.04 Å². The standard InChI is InChI=1S/C16H16N2O4/c1-22-16(21)13-7-4-8-18(13)15(20)14(19)11-9-17-12-6-3-2-5-10(11)12/h2-3,5-6,9,13,17H,4,7-8H2,1H3/t13-/m1/s1. The zero-order valence-corrected chi connectivity index (χ0v) is 12.2. The molecule has 6 nitrogen and oxygen atoms in total. The summed E-state index contributed by atoms with van der Waals surface area (Å²) in [5, 5.41) is 0.703. The molecule has 22 heavy (non-hydrogen) atoms. The van der Waals surface area contributed by atoms with Crippen LogP contribution in [0.25, 0.3) is 10.9 Å². The van der Waals surface area contributed by atoms with E-state index in [1.807, 2.05) is 18.2 Å². The molecule has 2 aromatic rings. The molecular formula is C16H16N2O4. The van der Waals surface area contributed by atoms with E-state index in [-0.39, 0.29) is 0 Å². The molecule has 1 fully saturated rings. The predicted octanol–water partition coefficient (Wildman–Crippen LogP) is 1.51. The maximum atomic E-state index is 12.5. The molecule has 3 rings (SSSR count). The van der Waals surface area contributed by atoms with Crippen LogP contribution in [0.3, 0.4) is 0 Å². The van der Waals surface area contributed by atoms with Gasteiger partial charge in [-0.3, -0.25) is 9.59 Å². The van der Waals surface area contributed by atoms with E-state index in [4.69, 9.17) is 4.74 Å². The Morgan fingerprint density at radius 3 is 2.82 bits per heavy atom. The van der Waals surface area contributed by atoms with Crippen LogP contribution in [0, 0.1) is 0 Å². The number of para-hydroxylation sites is 1. The third-order valence-corrected chi connectivity index (χ3v) is 4.02. The van der Waals surface area contributed by atoms with E-state index in [0.717, 1.165) is 5.52 Å². The number of fused-ring (bicyclic) bond motifs is 1. The van der Waals surface area contributed by atoms with Gasteiger partial charge in [0.25, 0.3) is 11.7 Å². The molecule has 0 radical (unpaired) electrons. The summed E-state index contributed by atoms with van der Waals surface area (Å²) in [5.74, 6) is -1.73. The van der Waals surface area contributed by atoms with E-state index in [1.165, 1.54) is 18.2 Å². The lowest BCUT2D eigenvalue weighted by atomic mass is 10.1. The van der Waals surface area contributed by atoms with Gasteiger partial charge in [-0.15, -0.1) is 0 Å². The Balaban J connectivity index is 1.88. The second-order valence-electron chi connectivity index (χ2n) is 5.26. The van der Waals surface area contributed by atoms with E-state index in [2.05, 4.69) is 4.98 Å². The molecule has 1 aliphatic heterocycles. The normalized spacial score (nSPS) is 17.7. The van der Waals surface area contributed by atoms with Crippen LogP contribution in [0.15, 0.2) is 30.5 Å². The van der Waals surface area contributed by atoms with Crippen molar-refractivity contribution in [3.63, 3.8) is 0 Å². The fourth-order valence-corrected chi connectivity index (χ4v) is 2.90. The largest absolute Gasteiger partial charge is 0.467 e. The zero-order valence-electron chi connectivity index (χ0n) is 12.2. The average molecular weight is 300 g/mol. The Hall–Kier alpha value is -2.63. The van der Waals surface area contributed by atoms with Crippen molar-refractivity contribution in [2.75, 3.05) is 13.7 Å². The van der Waals surface area contributed by atoms with E-state index in [0.29, 0.717) is 30.3 Å². The first kappa shape index (κ1) is 14.3. The Bertz CT molecular complexity index is 749. The minimum atomic E-state index is -0.661. The molecule has 1 aliphatic rings. The second-order valence-corrected chi connectivity index (χ2v) is 5.26. The Morgan fingerprint density at radius 1 is 1.27 bits per heavy atom. The first-order valence-corrected chi connectivity index (χ1v) is 7.12. The fourth-order valence-electron chi connectivity index (χ4n) is 2.90. The Morgan fingerprint density at radius 2 is 2.05 bits per heavy atom. The number of amides is 1. The molecule has 0 unspecified atom stereocenters. The predicted molar refractivity (Wildman–Crippen MR) is 79.4 cm³/mol. The van der Waals surface area contributed by atoms with Crippen molar-refractivity contribution in [3.05, 3.63) is 36.0 Å². The molecule has 6 heteroatoms. The van der Waals surface area contributed by atoms with E-state index < -0.39 is 23.7 Å². The highest BCUT2D eigenvalue weighted by Gasteiger charge is 2.38. The minimum absolute atomic E-state index is 0.330. The van der Waals surface area contributed by atoms with Gasteiger partial charge in [0, 0.05) is 23.6 Å². The summed E-state index contributed by atoms with van der Waals surface area (Å²) in [5.41, 5.74) is 1.13. The summed E-state index contributed by atoms with van der Waals surface area (Å²) in [6, 6.07) is 6.62. The molecule has 2 heterocycles. The molecule has 0 saturated carbocycles. The van der Waals surface area contributed by atoms with Crippen LogP contribution < -0.4 is 0 Å². The lowest BCUT2D eigenvalue weighted by Crippen LogP contribution is -2.44. The third kappa shape index (κ3) is 2.26. The van der Waals surface area contributed by atoms with Crippen LogP contribution in [0.2, 0.25) is 0 Å². The van der Waals surface area contributed by atoms with Gasteiger partial charge in [0.15, 0.2) is 0 Å². The first-order chi connectivity index (χ1) is 10.6. The molecule has 114 valence electrons. The number of carbonyl (C=O) groups is 3. The number of Topliss-reactive ketones (excluding diaryl/α,β-unsaturated/α-hetero) is 1. The van der Waals surface area contributed by atoms with Crippen molar-refractivity contribution < 1.29 is 19.1 Å². The van der Waals surface area contributed by atoms with Crippen LogP contribution in [-0.2, 0) is 14.3 Å². The number of aromatic amines is 1. The summed E-state index contributed by atoms with van der Waals surface area (Å²) in [4.78, 5) is 41.0. The monoisotopic (exact) mass is 300 g/mol. The molecule has 1 saturated heterocycles. The highest BCUT2D eigenvalue weighted by atomic mass is 16.5. The number of rotatable bonds is 3. The number of likely N-dealkylation sites (tertiary alicyclic amines) is 1. The summed E-state index contributed by atoms with van der Waals surface area (Å²) < 4.78 is 4.70. The van der Waals surface area contributed by atoms with Gasteiger partial charge < -0.3 is 14.6 Å². The number of aromatic nitrogens is 1. The molecule has 0 bridgehead atoms. The van der Waals surface area contributed by atoms with E-state index in [1.54, 1.807) is 6.07 Å². The Kier molecular flexibility index (Phi) is 3.66. The second kappa shape index (κ2) is 5.63. The van der Waals surface area contributed by atoms with Crippen LogP contribution in [0.4, 0.5) is 0 Å². The van der Waals surface area contributed by atoms with Crippen molar-refractivity contribution in [3.8, 4) is 0 Å². The maximum absolute atomic E-state index is 12.5. The molecule has 1 atom stereocenters. The molecule has 1 N–H and O–H groups in total. The molecule has 1 aromatic heterocycles. The number of esters is 1. The summed E-state index contributed by atoms with van der Waals surface area (Å²) in [6.45, 7) is 0.396. The van der Waals surface area contributed by atoms with Crippen LogP contribution in [0.5, 0.6) is 0 Å². The third-order valence-electron chi connectivity index (χ3n) is 4.02. The summed E-state index contributed by atoms with van der Waals surface area (Å²) >= 11 is 0. The Labute approximate surface area is 127 Å². The number of methoxy groups -OCH3 is 1. The van der Waals surface area contributed by atoms with Gasteiger partial charge >= 0.3 is 5.97 Å². The summed E-state index contributed by atoms with van der Waals surface area (Å²) in [7, 11) is 1.28. The maximum Gasteiger partial charge on any atom is 0.328 e. The van der Waals surface area contributed by atoms with Gasteiger partial charge in [-0.05, 0) is 18.9 Å². The topological polar surface area (TPSA) is 79.5 Å². The van der Waals surface area contributed by atoms with Crippen molar-refractivity contribution >= 4 is 28.6 Å². The number of ketones is 1. The zero-order chi connectivity index (χ0) is 15.7. The SMILES string of the molecule is COC(=O)[C@H]1CCCN1C(=O)C(=O)c1c[nH]c2ccccc12. The number of benzene rings is 1. The van der Waals surface area contributed by atoms with Gasteiger partial charge in [-0.25, -0.2) is 4.79 Å². The number of nitrogens with zero attached hydrogens (tertiary/aromatic N) is 1. The van der Waals surface area contributed by atoms with E-state index in [9.17, 15) is 14.4 Å². The number of carbonyl (C=O) groups excluding carboxylic acids is 3. The van der Waals surface area contributed by atoms with Crippen molar-refractivity contribution in [2.24, 2.45) is 0 Å². The van der Waals surface area contributed by atoms with Crippen LogP contribution in [0.1, 0.15) is 23.2 Å². The van der Waals surface area contributed by atoms with E-state index >= 15 is 0 Å². The van der Waals surface area contributed by atoms with Crippen molar-refractivity contribution in [1.29, 1.82) is 0 Å². The van der Waals surface area contributed by atoms with Crippen molar-refractivity contribution in [1.82, 2.24) is 9.88 Å². The number of hydrogen-bond acceptors (Lipinski definition) is 4. The molecular weight excluding hydrogens is 284 g/mol. The fraction of sp³-hybridized carbons (Fsp3) is 0.312. The van der Waals surface area contributed by atoms with Gasteiger partial charge in [0.2, 0.25) is 0 Å². The van der Waals surface area contributed by atoms with Crippen LogP contribution >= 0.6 is 0 Å². The van der Waals surface area contributed by atoms with Gasteiger partial charge in [-0.2, -0.15) is 0 Å². The minimum Gasteiger partial charge on any atom is -0.467 e. The lowest BCUT2D eigenvalue weighted by Gasteiger charge is -2.21. The van der Waals surface area contributed by atoms with Crippen molar-refractivity contribution in [2.45, 2.75) is 18.9 Å². The first-order valence-electron chi connectivity index (χ1n) is 7.12. The van der Waals surface area contributed by atoms with Gasteiger partial charge in [0.05, 0.1) is 12.7 Å². The molecule has 0 aliphatic carbocycles. The average Bonchev–Trinajstić information content (AvgIpc) is 3.19. The number of hydrogen-bond donors (Lipinski definition) is 1. The highest BCUT2D eigenvalue weighted by molar-refractivity contribution is 6.45. The number of ether oxygens (including phenoxy) is 1. The smallest absolute Gasteiger partial charge is 0.328 e. The molecule has 1 amide bonds. The summed E-state index contributed by atoms with van der Waals surface area (Å²) in [6.07, 6.45) is 2.75. The van der Waals surface area contributed by atoms with Gasteiger partial charge in [-0.1, -0.05) is 18.2 Å².